The molecule has 0 saturated carbocycles. The van der Waals surface area contributed by atoms with Gasteiger partial charge in [0.15, 0.2) is 0 Å². The number of nitrogens with one attached hydrogen (secondary N) is 4. The normalized spacial score (nSPS) is 17.4. The van der Waals surface area contributed by atoms with Crippen LogP contribution >= 0.6 is 0 Å². The van der Waals surface area contributed by atoms with E-state index in [2.05, 4.69) is 25.9 Å². The molecule has 12 heteroatoms. The molecule has 1 aromatic heterocycles. The van der Waals surface area contributed by atoms with E-state index < -0.39 is 54.0 Å². The van der Waals surface area contributed by atoms with Crippen LogP contribution in [0, 0.1) is 11.8 Å². The van der Waals surface area contributed by atoms with Gasteiger partial charge >= 0.3 is 5.97 Å². The number of carboxylic acids is 1. The molecule has 1 aromatic rings. The molecule has 12 nitrogen and oxygen atoms in total. The molecule has 0 bridgehead atoms. The zero-order valence-electron chi connectivity index (χ0n) is 20.4. The minimum Gasteiger partial charge on any atom is -0.480 e. The summed E-state index contributed by atoms with van der Waals surface area (Å²) in [5.41, 5.74) is 6.25. The Morgan fingerprint density at radius 1 is 0.971 bits per heavy atom. The van der Waals surface area contributed by atoms with Gasteiger partial charge in [-0.2, -0.15) is 0 Å². The first-order valence-electron chi connectivity index (χ1n) is 11.5. The lowest BCUT2D eigenvalue weighted by Gasteiger charge is -2.29. The molecule has 8 N–H and O–H groups in total. The van der Waals surface area contributed by atoms with Gasteiger partial charge in [-0.15, -0.1) is 0 Å². The van der Waals surface area contributed by atoms with Crippen LogP contribution in [0.3, 0.4) is 0 Å². The summed E-state index contributed by atoms with van der Waals surface area (Å²) in [5.74, 6) is -3.81. The van der Waals surface area contributed by atoms with Crippen LogP contribution in [0.15, 0.2) is 12.5 Å². The van der Waals surface area contributed by atoms with Crippen LogP contribution in [0.2, 0.25) is 0 Å². The lowest BCUT2D eigenvalue weighted by molar-refractivity contribution is -0.144. The van der Waals surface area contributed by atoms with Gasteiger partial charge in [0.25, 0.3) is 0 Å². The number of aromatic nitrogens is 2. The molecule has 34 heavy (non-hydrogen) atoms. The third-order valence-corrected chi connectivity index (χ3v) is 6.00. The van der Waals surface area contributed by atoms with Crippen LogP contribution < -0.4 is 21.7 Å². The smallest absolute Gasteiger partial charge is 0.326 e. The van der Waals surface area contributed by atoms with Crippen molar-refractivity contribution in [2.45, 2.75) is 84.2 Å². The molecule has 0 radical (unpaired) electrons. The minimum atomic E-state index is -1.25. The van der Waals surface area contributed by atoms with Crippen molar-refractivity contribution in [1.82, 2.24) is 25.9 Å². The van der Waals surface area contributed by atoms with Crippen molar-refractivity contribution < 1.29 is 29.4 Å². The number of aliphatic hydroxyl groups is 1. The Balaban J connectivity index is 3.11. The highest BCUT2D eigenvalue weighted by Crippen LogP contribution is 2.13. The number of nitrogens with zero attached hydrogens (tertiary/aromatic N) is 1. The number of imidazole rings is 1. The molecule has 7 atom stereocenters. The summed E-state index contributed by atoms with van der Waals surface area (Å²) in [6, 6.07) is -4.51. The Hall–Kier alpha value is -2.99. The van der Waals surface area contributed by atoms with E-state index in [4.69, 9.17) is 5.73 Å². The molecule has 0 aliphatic rings. The molecular formula is C22H38N6O6. The van der Waals surface area contributed by atoms with E-state index in [0.29, 0.717) is 18.5 Å². The molecule has 0 fully saturated rings. The number of hydrogen-bond donors (Lipinski definition) is 7. The van der Waals surface area contributed by atoms with Gasteiger partial charge in [0.1, 0.15) is 24.2 Å². The van der Waals surface area contributed by atoms with Gasteiger partial charge in [0, 0.05) is 18.3 Å². The quantitative estimate of drug-likeness (QED) is 0.180. The van der Waals surface area contributed by atoms with E-state index in [0.717, 1.165) is 0 Å². The standard InChI is InChI=1S/C22H38N6O6/c1-6-11(3)17(21(32)28-18(22(33)34)12(4)7-2)27-19(30)15(8-14-9-24-10-25-14)26-20(31)16(23)13(5)29/h9-13,15-18,29H,6-8,23H2,1-5H3,(H,24,25)(H,26,31)(H,27,30)(H,28,32)(H,33,34). The molecule has 7 unspecified atom stereocenters. The first-order valence-corrected chi connectivity index (χ1v) is 11.5. The Morgan fingerprint density at radius 3 is 2.00 bits per heavy atom. The maximum Gasteiger partial charge on any atom is 0.326 e. The zero-order valence-corrected chi connectivity index (χ0v) is 20.4. The molecule has 0 aliphatic carbocycles. The number of carbonyl (C=O) groups excluding carboxylic acids is 3. The second kappa shape index (κ2) is 13.7. The van der Waals surface area contributed by atoms with Gasteiger partial charge in [-0.25, -0.2) is 9.78 Å². The van der Waals surface area contributed by atoms with E-state index in [1.807, 2.05) is 13.8 Å². The predicted octanol–water partition coefficient (Wildman–Crippen LogP) is -0.708. The lowest BCUT2D eigenvalue weighted by Crippen LogP contribution is -2.60. The number of aromatic amines is 1. The van der Waals surface area contributed by atoms with Crippen LogP contribution in [-0.2, 0) is 25.6 Å². The number of aliphatic hydroxyl groups excluding tert-OH is 1. The van der Waals surface area contributed by atoms with Crippen LogP contribution in [0.25, 0.3) is 0 Å². The molecule has 3 amide bonds. The largest absolute Gasteiger partial charge is 0.480 e. The van der Waals surface area contributed by atoms with Crippen molar-refractivity contribution in [2.24, 2.45) is 17.6 Å². The monoisotopic (exact) mass is 482 g/mol. The summed E-state index contributed by atoms with van der Waals surface area (Å²) in [4.78, 5) is 57.0. The second-order valence-electron chi connectivity index (χ2n) is 8.69. The van der Waals surface area contributed by atoms with Crippen molar-refractivity contribution in [3.05, 3.63) is 18.2 Å². The highest BCUT2D eigenvalue weighted by molar-refractivity contribution is 5.94. The highest BCUT2D eigenvalue weighted by atomic mass is 16.4. The Labute approximate surface area is 199 Å². The van der Waals surface area contributed by atoms with E-state index in [9.17, 15) is 29.4 Å². The number of hydrogen-bond acceptors (Lipinski definition) is 7. The molecular weight excluding hydrogens is 444 g/mol. The number of rotatable bonds is 14. The van der Waals surface area contributed by atoms with Crippen molar-refractivity contribution in [3.63, 3.8) is 0 Å². The van der Waals surface area contributed by atoms with Crippen LogP contribution in [-0.4, -0.2) is 74.1 Å². The van der Waals surface area contributed by atoms with Crippen LogP contribution in [0.5, 0.6) is 0 Å². The molecule has 0 saturated heterocycles. The number of aliphatic carboxylic acids is 1. The van der Waals surface area contributed by atoms with Gasteiger partial charge in [0.2, 0.25) is 17.7 Å². The maximum atomic E-state index is 13.2. The van der Waals surface area contributed by atoms with Gasteiger partial charge in [-0.05, 0) is 18.8 Å². The summed E-state index contributed by atoms with van der Waals surface area (Å²) < 4.78 is 0. The fourth-order valence-electron chi connectivity index (χ4n) is 3.19. The summed E-state index contributed by atoms with van der Waals surface area (Å²) in [7, 11) is 0. The van der Waals surface area contributed by atoms with Crippen LogP contribution in [0.1, 0.15) is 53.2 Å². The van der Waals surface area contributed by atoms with Gasteiger partial charge < -0.3 is 36.9 Å². The fourth-order valence-corrected chi connectivity index (χ4v) is 3.19. The van der Waals surface area contributed by atoms with E-state index in [1.165, 1.54) is 19.4 Å². The average molecular weight is 483 g/mol. The third kappa shape index (κ3) is 8.41. The van der Waals surface area contributed by atoms with E-state index in [-0.39, 0.29) is 18.3 Å². The first-order chi connectivity index (χ1) is 15.9. The third-order valence-electron chi connectivity index (χ3n) is 6.00. The molecule has 0 aliphatic heterocycles. The Morgan fingerprint density at radius 2 is 1.53 bits per heavy atom. The molecule has 1 rings (SSSR count). The van der Waals surface area contributed by atoms with Gasteiger partial charge in [0.05, 0.1) is 12.4 Å². The topological polar surface area (TPSA) is 200 Å². The summed E-state index contributed by atoms with van der Waals surface area (Å²) in [6.07, 6.45) is 2.88. The summed E-state index contributed by atoms with van der Waals surface area (Å²) in [6.45, 7) is 8.49. The van der Waals surface area contributed by atoms with Crippen molar-refractivity contribution in [2.75, 3.05) is 0 Å². The van der Waals surface area contributed by atoms with E-state index >= 15 is 0 Å². The predicted molar refractivity (Wildman–Crippen MR) is 124 cm³/mol. The molecule has 192 valence electrons. The summed E-state index contributed by atoms with van der Waals surface area (Å²) in [5, 5.41) is 26.8. The first kappa shape index (κ1) is 29.0. The fraction of sp³-hybridized carbons (Fsp3) is 0.682. The highest BCUT2D eigenvalue weighted by Gasteiger charge is 2.34. The van der Waals surface area contributed by atoms with Crippen molar-refractivity contribution >= 4 is 23.7 Å². The Bertz CT molecular complexity index is 815. The van der Waals surface area contributed by atoms with E-state index in [1.54, 1.807) is 13.8 Å². The van der Waals surface area contributed by atoms with Gasteiger partial charge in [-0.1, -0.05) is 40.5 Å². The molecule has 0 aromatic carbocycles. The zero-order chi connectivity index (χ0) is 26.0. The second-order valence-corrected chi connectivity index (χ2v) is 8.69. The number of carbonyl (C=O) groups is 4. The number of carboxylic acid groups (broad SMARTS) is 1. The number of H-pyrrole nitrogens is 1. The SMILES string of the molecule is CCC(C)C(NC(=O)C(NC(=O)C(Cc1cnc[nH]1)NC(=O)C(N)C(C)O)C(C)CC)C(=O)O. The van der Waals surface area contributed by atoms with Crippen molar-refractivity contribution in [3.8, 4) is 0 Å². The lowest BCUT2D eigenvalue weighted by atomic mass is 9.95. The van der Waals surface area contributed by atoms with Crippen LogP contribution in [0.4, 0.5) is 0 Å². The summed E-state index contributed by atoms with van der Waals surface area (Å²) >= 11 is 0. The van der Waals surface area contributed by atoms with Gasteiger partial charge in [-0.3, -0.25) is 14.4 Å². The van der Waals surface area contributed by atoms with Crippen molar-refractivity contribution in [1.29, 1.82) is 0 Å². The maximum absolute atomic E-state index is 13.2. The number of amides is 3. The average Bonchev–Trinajstić information content (AvgIpc) is 3.31. The number of nitrogens with two attached hydrogens (primary N) is 1. The minimum absolute atomic E-state index is 0.0313. The molecule has 1 heterocycles. The molecule has 0 spiro atoms. The Kier molecular flexibility index (Phi) is 11.7.